The topological polar surface area (TPSA) is 74.3 Å². The Morgan fingerprint density at radius 2 is 2.12 bits per heavy atom. The summed E-state index contributed by atoms with van der Waals surface area (Å²) < 4.78 is 0. The number of nitrogens with one attached hydrogen (secondary N) is 2. The Kier molecular flexibility index (Phi) is 6.50. The number of pyridine rings is 1. The highest BCUT2D eigenvalue weighted by atomic mass is 35.5. The van der Waals surface area contributed by atoms with Crippen LogP contribution in [0.25, 0.3) is 0 Å². The zero-order valence-electron chi connectivity index (χ0n) is 13.9. The molecule has 1 unspecified atom stereocenters. The molecule has 7 heteroatoms. The molecule has 1 aliphatic heterocycles. The molecule has 2 heterocycles. The van der Waals surface area contributed by atoms with E-state index >= 15 is 0 Å². The first-order chi connectivity index (χ1) is 11.6. The lowest BCUT2D eigenvalue weighted by atomic mass is 10.0. The van der Waals surface area contributed by atoms with Crippen molar-refractivity contribution in [1.82, 2.24) is 15.2 Å². The smallest absolute Gasteiger partial charge is 0.254 e. The van der Waals surface area contributed by atoms with E-state index in [0.717, 1.165) is 12.1 Å². The van der Waals surface area contributed by atoms with Crippen LogP contribution in [0.3, 0.4) is 0 Å². The fraction of sp³-hybridized carbons (Fsp3) is 0.278. The van der Waals surface area contributed by atoms with E-state index < -0.39 is 0 Å². The number of halogens is 1. The van der Waals surface area contributed by atoms with E-state index in [-0.39, 0.29) is 30.3 Å². The van der Waals surface area contributed by atoms with Gasteiger partial charge in [0, 0.05) is 50.2 Å². The van der Waals surface area contributed by atoms with Crippen molar-refractivity contribution < 1.29 is 9.59 Å². The van der Waals surface area contributed by atoms with Crippen molar-refractivity contribution in [1.29, 1.82) is 0 Å². The Balaban J connectivity index is 0.00000225. The van der Waals surface area contributed by atoms with Crippen LogP contribution < -0.4 is 10.6 Å². The average molecular weight is 361 g/mol. The predicted molar refractivity (Wildman–Crippen MR) is 98.9 cm³/mol. The average Bonchev–Trinajstić information content (AvgIpc) is 2.61. The summed E-state index contributed by atoms with van der Waals surface area (Å²) in [4.78, 5) is 30.2. The maximum absolute atomic E-state index is 13.0. The Bertz CT molecular complexity index is 739. The third kappa shape index (κ3) is 4.55. The zero-order valence-corrected chi connectivity index (χ0v) is 14.8. The summed E-state index contributed by atoms with van der Waals surface area (Å²) in [6.07, 6.45) is 3.52. The first-order valence-corrected chi connectivity index (χ1v) is 7.94. The minimum absolute atomic E-state index is 0. The molecule has 1 fully saturated rings. The molecule has 2 N–H and O–H groups in total. The molecule has 2 amide bonds. The van der Waals surface area contributed by atoms with Crippen molar-refractivity contribution in [2.45, 2.75) is 13.0 Å². The molecule has 0 radical (unpaired) electrons. The third-order valence-electron chi connectivity index (χ3n) is 4.00. The molecule has 0 aliphatic carbocycles. The third-order valence-corrected chi connectivity index (χ3v) is 4.00. The molecule has 0 spiro atoms. The summed E-state index contributed by atoms with van der Waals surface area (Å²) in [5, 5.41) is 6.04. The summed E-state index contributed by atoms with van der Waals surface area (Å²) in [5.41, 5.74) is 2.20. The van der Waals surface area contributed by atoms with Crippen LogP contribution in [0.5, 0.6) is 0 Å². The van der Waals surface area contributed by atoms with Gasteiger partial charge in [-0.15, -0.1) is 12.4 Å². The van der Waals surface area contributed by atoms with Gasteiger partial charge in [-0.25, -0.2) is 0 Å². The number of piperazine rings is 1. The van der Waals surface area contributed by atoms with Gasteiger partial charge in [-0.05, 0) is 29.8 Å². The van der Waals surface area contributed by atoms with Gasteiger partial charge >= 0.3 is 0 Å². The van der Waals surface area contributed by atoms with Crippen LogP contribution in [0, 0.1) is 0 Å². The summed E-state index contributed by atoms with van der Waals surface area (Å²) >= 11 is 0. The molecule has 1 atom stereocenters. The number of hydrogen-bond acceptors (Lipinski definition) is 4. The number of aromatic nitrogens is 1. The maximum Gasteiger partial charge on any atom is 0.254 e. The van der Waals surface area contributed by atoms with Crippen molar-refractivity contribution in [3.05, 3.63) is 59.9 Å². The number of anilines is 1. The van der Waals surface area contributed by atoms with Gasteiger partial charge in [0.15, 0.2) is 0 Å². The van der Waals surface area contributed by atoms with Gasteiger partial charge in [0.25, 0.3) is 5.91 Å². The second kappa shape index (κ2) is 8.60. The lowest BCUT2D eigenvalue weighted by molar-refractivity contribution is -0.114. The summed E-state index contributed by atoms with van der Waals surface area (Å²) in [6, 6.07) is 10.9. The highest BCUT2D eigenvalue weighted by molar-refractivity contribution is 5.97. The first-order valence-electron chi connectivity index (χ1n) is 7.94. The second-order valence-corrected chi connectivity index (χ2v) is 5.77. The quantitative estimate of drug-likeness (QED) is 0.880. The second-order valence-electron chi connectivity index (χ2n) is 5.77. The van der Waals surface area contributed by atoms with Crippen molar-refractivity contribution in [3.63, 3.8) is 0 Å². The van der Waals surface area contributed by atoms with Gasteiger partial charge < -0.3 is 15.5 Å². The molecule has 132 valence electrons. The van der Waals surface area contributed by atoms with E-state index in [1.54, 1.807) is 36.7 Å². The summed E-state index contributed by atoms with van der Waals surface area (Å²) in [6.45, 7) is 3.53. The molecule has 3 rings (SSSR count). The van der Waals surface area contributed by atoms with Gasteiger partial charge in [-0.3, -0.25) is 14.6 Å². The summed E-state index contributed by atoms with van der Waals surface area (Å²) in [5.74, 6) is -0.201. The van der Waals surface area contributed by atoms with E-state index in [1.165, 1.54) is 6.92 Å². The number of amides is 2. The molecule has 1 aliphatic rings. The highest BCUT2D eigenvalue weighted by Crippen LogP contribution is 2.24. The Labute approximate surface area is 153 Å². The van der Waals surface area contributed by atoms with E-state index in [9.17, 15) is 9.59 Å². The highest BCUT2D eigenvalue weighted by Gasteiger charge is 2.28. The fourth-order valence-electron chi connectivity index (χ4n) is 2.92. The number of benzene rings is 1. The molecule has 2 aromatic rings. The molecule has 1 aromatic heterocycles. The van der Waals surface area contributed by atoms with Crippen molar-refractivity contribution in [2.24, 2.45) is 0 Å². The van der Waals surface area contributed by atoms with Crippen LogP contribution in [0.15, 0.2) is 48.8 Å². The fourth-order valence-corrected chi connectivity index (χ4v) is 2.92. The van der Waals surface area contributed by atoms with Crippen LogP contribution in [-0.2, 0) is 4.79 Å². The monoisotopic (exact) mass is 360 g/mol. The van der Waals surface area contributed by atoms with Crippen LogP contribution in [0.4, 0.5) is 5.69 Å². The van der Waals surface area contributed by atoms with Crippen molar-refractivity contribution in [3.8, 4) is 0 Å². The summed E-state index contributed by atoms with van der Waals surface area (Å²) in [7, 11) is 0. The zero-order chi connectivity index (χ0) is 16.9. The number of hydrogen-bond donors (Lipinski definition) is 2. The van der Waals surface area contributed by atoms with Crippen LogP contribution in [0.1, 0.15) is 28.9 Å². The predicted octanol–water partition coefficient (Wildman–Crippen LogP) is 2.25. The minimum atomic E-state index is -0.157. The standard InChI is InChI=1S/C18H20N4O2.ClH/c1-13(23)21-16-6-2-4-14(10-16)18(24)22-9-8-20-12-17(22)15-5-3-7-19-11-15;/h2-7,10-11,17,20H,8-9,12H2,1H3,(H,21,23);1H. The van der Waals surface area contributed by atoms with Gasteiger partial charge in [0.05, 0.1) is 6.04 Å². The molecule has 1 saturated heterocycles. The van der Waals surface area contributed by atoms with Crippen molar-refractivity contribution >= 4 is 29.9 Å². The van der Waals surface area contributed by atoms with E-state index in [1.807, 2.05) is 17.0 Å². The van der Waals surface area contributed by atoms with E-state index in [4.69, 9.17) is 0 Å². The maximum atomic E-state index is 13.0. The van der Waals surface area contributed by atoms with Crippen LogP contribution >= 0.6 is 12.4 Å². The van der Waals surface area contributed by atoms with Gasteiger partial charge in [0.1, 0.15) is 0 Å². The largest absolute Gasteiger partial charge is 0.329 e. The van der Waals surface area contributed by atoms with E-state index in [2.05, 4.69) is 15.6 Å². The number of carbonyl (C=O) groups excluding carboxylic acids is 2. The van der Waals surface area contributed by atoms with Crippen molar-refractivity contribution in [2.75, 3.05) is 25.0 Å². The van der Waals surface area contributed by atoms with Gasteiger partial charge in [0.2, 0.25) is 5.91 Å². The number of rotatable bonds is 3. The van der Waals surface area contributed by atoms with Gasteiger partial charge in [-0.1, -0.05) is 12.1 Å². The molecular formula is C18H21ClN4O2. The normalized spacial score (nSPS) is 16.7. The Hall–Kier alpha value is -2.44. The number of nitrogens with zero attached hydrogens (tertiary/aromatic N) is 2. The SMILES string of the molecule is CC(=O)Nc1cccc(C(=O)N2CCNCC2c2cccnc2)c1.Cl. The molecule has 0 bridgehead atoms. The lowest BCUT2D eigenvalue weighted by Gasteiger charge is -2.36. The number of carbonyl (C=O) groups is 2. The molecule has 6 nitrogen and oxygen atoms in total. The first kappa shape index (κ1) is 18.9. The lowest BCUT2D eigenvalue weighted by Crippen LogP contribution is -2.48. The molecule has 1 aromatic carbocycles. The van der Waals surface area contributed by atoms with Gasteiger partial charge in [-0.2, -0.15) is 0 Å². The van der Waals surface area contributed by atoms with E-state index in [0.29, 0.717) is 24.3 Å². The molecular weight excluding hydrogens is 340 g/mol. The van der Waals surface area contributed by atoms with Crippen LogP contribution in [-0.4, -0.2) is 41.3 Å². The minimum Gasteiger partial charge on any atom is -0.329 e. The Morgan fingerprint density at radius 3 is 2.84 bits per heavy atom. The Morgan fingerprint density at radius 1 is 1.28 bits per heavy atom. The van der Waals surface area contributed by atoms with Crippen LogP contribution in [0.2, 0.25) is 0 Å². The molecule has 25 heavy (non-hydrogen) atoms. The molecule has 0 saturated carbocycles.